The molecular formula is C23H17N3O5S. The van der Waals surface area contributed by atoms with Gasteiger partial charge in [-0.25, -0.2) is 14.8 Å². The first kappa shape index (κ1) is 20.0. The second-order valence-corrected chi connectivity index (χ2v) is 7.88. The van der Waals surface area contributed by atoms with Crippen LogP contribution >= 0.6 is 11.3 Å². The predicted octanol–water partition coefficient (Wildman–Crippen LogP) is 5.28. The molecule has 0 aliphatic heterocycles. The van der Waals surface area contributed by atoms with Crippen molar-refractivity contribution in [2.45, 2.75) is 13.5 Å². The minimum absolute atomic E-state index is 0.0407. The minimum Gasteiger partial charge on any atom is -0.497 e. The van der Waals surface area contributed by atoms with Gasteiger partial charge in [-0.05, 0) is 48.7 Å². The van der Waals surface area contributed by atoms with Gasteiger partial charge < -0.3 is 18.4 Å². The number of hydrogen-bond donors (Lipinski definition) is 0. The van der Waals surface area contributed by atoms with Gasteiger partial charge in [0.2, 0.25) is 5.89 Å². The van der Waals surface area contributed by atoms with Crippen molar-refractivity contribution in [3.05, 3.63) is 71.1 Å². The monoisotopic (exact) mass is 447 g/mol. The summed E-state index contributed by atoms with van der Waals surface area (Å²) in [6, 6.07) is 12.9. The molecule has 0 saturated carbocycles. The Morgan fingerprint density at radius 2 is 2.00 bits per heavy atom. The molecule has 0 aliphatic rings. The first-order valence-corrected chi connectivity index (χ1v) is 10.6. The summed E-state index contributed by atoms with van der Waals surface area (Å²) in [7, 11) is 1.60. The van der Waals surface area contributed by atoms with Crippen molar-refractivity contribution in [2.24, 2.45) is 0 Å². The molecule has 0 unspecified atom stereocenters. The Morgan fingerprint density at radius 3 is 2.75 bits per heavy atom. The summed E-state index contributed by atoms with van der Waals surface area (Å²) in [4.78, 5) is 22.8. The van der Waals surface area contributed by atoms with Gasteiger partial charge in [0.05, 0.1) is 34.3 Å². The van der Waals surface area contributed by atoms with Crippen LogP contribution in [0.4, 0.5) is 0 Å². The fourth-order valence-corrected chi connectivity index (χ4v) is 3.95. The number of pyridine rings is 1. The Labute approximate surface area is 186 Å². The summed E-state index contributed by atoms with van der Waals surface area (Å²) in [5, 5.41) is 6.43. The molecule has 0 aliphatic carbocycles. The number of rotatable bonds is 6. The molecule has 0 atom stereocenters. The van der Waals surface area contributed by atoms with Gasteiger partial charge in [-0.1, -0.05) is 11.2 Å². The van der Waals surface area contributed by atoms with Crippen LogP contribution in [0, 0.1) is 6.92 Å². The van der Waals surface area contributed by atoms with E-state index < -0.39 is 5.97 Å². The molecule has 5 aromatic rings. The van der Waals surface area contributed by atoms with Gasteiger partial charge in [-0.15, -0.1) is 11.3 Å². The molecule has 0 saturated heterocycles. The smallest absolute Gasteiger partial charge is 0.339 e. The summed E-state index contributed by atoms with van der Waals surface area (Å²) >= 11 is 1.52. The highest BCUT2D eigenvalue weighted by molar-refractivity contribution is 7.13. The molecule has 0 amide bonds. The second kappa shape index (κ2) is 8.27. The maximum atomic E-state index is 13.0. The standard InChI is InChI=1S/C23H17N3O5S/c1-13-20-17(10-18(19-4-3-9-32-19)25-22(20)31-26-13)23(27)30-12-15-11-29-21(24-15)14-5-7-16(28-2)8-6-14/h3-11H,12H2,1-2H3. The van der Waals surface area contributed by atoms with E-state index in [1.165, 1.54) is 17.6 Å². The summed E-state index contributed by atoms with van der Waals surface area (Å²) in [6.45, 7) is 1.72. The molecule has 0 N–H and O–H groups in total. The average molecular weight is 447 g/mol. The van der Waals surface area contributed by atoms with Crippen LogP contribution in [-0.4, -0.2) is 28.2 Å². The number of carbonyl (C=O) groups is 1. The molecule has 160 valence electrons. The number of ether oxygens (including phenoxy) is 2. The molecule has 4 aromatic heterocycles. The number of methoxy groups -OCH3 is 1. The fourth-order valence-electron chi connectivity index (χ4n) is 3.26. The van der Waals surface area contributed by atoms with Crippen molar-refractivity contribution < 1.29 is 23.2 Å². The Morgan fingerprint density at radius 1 is 1.16 bits per heavy atom. The van der Waals surface area contributed by atoms with E-state index in [4.69, 9.17) is 18.4 Å². The first-order valence-electron chi connectivity index (χ1n) is 9.69. The van der Waals surface area contributed by atoms with Crippen molar-refractivity contribution in [3.8, 4) is 27.8 Å². The number of aryl methyl sites for hydroxylation is 1. The second-order valence-electron chi connectivity index (χ2n) is 6.93. The third kappa shape index (κ3) is 3.74. The maximum Gasteiger partial charge on any atom is 0.339 e. The number of aromatic nitrogens is 3. The molecule has 9 heteroatoms. The minimum atomic E-state index is -0.518. The van der Waals surface area contributed by atoms with Gasteiger partial charge in [0, 0.05) is 5.56 Å². The molecule has 0 radical (unpaired) electrons. The number of hydrogen-bond acceptors (Lipinski definition) is 9. The van der Waals surface area contributed by atoms with E-state index in [1.54, 1.807) is 20.1 Å². The summed E-state index contributed by atoms with van der Waals surface area (Å²) < 4.78 is 21.5. The predicted molar refractivity (Wildman–Crippen MR) is 117 cm³/mol. The van der Waals surface area contributed by atoms with Gasteiger partial charge in [0.25, 0.3) is 5.71 Å². The number of benzene rings is 1. The van der Waals surface area contributed by atoms with E-state index >= 15 is 0 Å². The lowest BCUT2D eigenvalue weighted by Gasteiger charge is -2.06. The van der Waals surface area contributed by atoms with E-state index in [-0.39, 0.29) is 6.61 Å². The molecule has 4 heterocycles. The SMILES string of the molecule is COc1ccc(-c2nc(COC(=O)c3cc(-c4cccs4)nc4onc(C)c34)co2)cc1. The van der Waals surface area contributed by atoms with Crippen LogP contribution in [0.5, 0.6) is 5.75 Å². The molecule has 5 rings (SSSR count). The maximum absolute atomic E-state index is 13.0. The van der Waals surface area contributed by atoms with Gasteiger partial charge >= 0.3 is 5.97 Å². The molecule has 0 spiro atoms. The number of thiophene rings is 1. The third-order valence-electron chi connectivity index (χ3n) is 4.85. The van der Waals surface area contributed by atoms with Crippen molar-refractivity contribution in [1.29, 1.82) is 0 Å². The molecular weight excluding hydrogens is 430 g/mol. The lowest BCUT2D eigenvalue weighted by Crippen LogP contribution is -2.07. The van der Waals surface area contributed by atoms with Crippen molar-refractivity contribution in [3.63, 3.8) is 0 Å². The highest BCUT2D eigenvalue weighted by Gasteiger charge is 2.21. The van der Waals surface area contributed by atoms with E-state index in [1.807, 2.05) is 41.8 Å². The van der Waals surface area contributed by atoms with Crippen LogP contribution in [0.2, 0.25) is 0 Å². The normalized spacial score (nSPS) is 11.1. The van der Waals surface area contributed by atoms with Crippen LogP contribution in [0.25, 0.3) is 33.1 Å². The van der Waals surface area contributed by atoms with Crippen molar-refractivity contribution in [1.82, 2.24) is 15.1 Å². The van der Waals surface area contributed by atoms with E-state index in [2.05, 4.69) is 15.1 Å². The van der Waals surface area contributed by atoms with Crippen LogP contribution < -0.4 is 4.74 Å². The highest BCUT2D eigenvalue weighted by Crippen LogP contribution is 2.30. The fraction of sp³-hybridized carbons (Fsp3) is 0.130. The number of fused-ring (bicyclic) bond motifs is 1. The van der Waals surface area contributed by atoms with Crippen LogP contribution in [-0.2, 0) is 11.3 Å². The molecule has 1 aromatic carbocycles. The lowest BCUT2D eigenvalue weighted by molar-refractivity contribution is 0.0470. The lowest BCUT2D eigenvalue weighted by atomic mass is 10.1. The summed E-state index contributed by atoms with van der Waals surface area (Å²) in [6.07, 6.45) is 1.47. The molecule has 8 nitrogen and oxygen atoms in total. The molecule has 0 bridgehead atoms. The zero-order chi connectivity index (χ0) is 22.1. The Hall–Kier alpha value is -3.98. The van der Waals surface area contributed by atoms with Crippen LogP contribution in [0.1, 0.15) is 21.7 Å². The molecule has 32 heavy (non-hydrogen) atoms. The zero-order valence-electron chi connectivity index (χ0n) is 17.2. The van der Waals surface area contributed by atoms with Crippen molar-refractivity contribution in [2.75, 3.05) is 7.11 Å². The number of carbonyl (C=O) groups excluding carboxylic acids is 1. The topological polar surface area (TPSA) is 100 Å². The summed E-state index contributed by atoms with van der Waals surface area (Å²) in [5.74, 6) is 0.652. The van der Waals surface area contributed by atoms with Gasteiger partial charge in [0.15, 0.2) is 0 Å². The van der Waals surface area contributed by atoms with Gasteiger partial charge in [-0.3, -0.25) is 0 Å². The largest absolute Gasteiger partial charge is 0.497 e. The van der Waals surface area contributed by atoms with E-state index in [0.29, 0.717) is 39.6 Å². The average Bonchev–Trinajstić information content (AvgIpc) is 3.59. The van der Waals surface area contributed by atoms with Crippen LogP contribution in [0.15, 0.2) is 63.0 Å². The third-order valence-corrected chi connectivity index (χ3v) is 5.74. The van der Waals surface area contributed by atoms with E-state index in [0.717, 1.165) is 16.2 Å². The number of nitrogens with zero attached hydrogens (tertiary/aromatic N) is 3. The van der Waals surface area contributed by atoms with E-state index in [9.17, 15) is 4.79 Å². The first-order chi connectivity index (χ1) is 15.6. The highest BCUT2D eigenvalue weighted by atomic mass is 32.1. The number of esters is 1. The summed E-state index contributed by atoms with van der Waals surface area (Å²) in [5.41, 5.74) is 3.12. The van der Waals surface area contributed by atoms with Gasteiger partial charge in [-0.2, -0.15) is 0 Å². The quantitative estimate of drug-likeness (QED) is 0.324. The molecule has 0 fully saturated rings. The van der Waals surface area contributed by atoms with Crippen molar-refractivity contribution >= 4 is 28.4 Å². The van der Waals surface area contributed by atoms with Crippen LogP contribution in [0.3, 0.4) is 0 Å². The van der Waals surface area contributed by atoms with Gasteiger partial charge in [0.1, 0.15) is 24.3 Å². The zero-order valence-corrected chi connectivity index (χ0v) is 18.0. The number of oxazole rings is 1. The Kier molecular flexibility index (Phi) is 5.16. The Balaban J connectivity index is 1.37. The Bertz CT molecular complexity index is 1390.